The second kappa shape index (κ2) is 7.77. The first kappa shape index (κ1) is 16.9. The zero-order chi connectivity index (χ0) is 16.1. The number of carbonyl (C=O) groups is 1. The van der Waals surface area contributed by atoms with E-state index in [4.69, 9.17) is 10.5 Å². The molecule has 1 aromatic heterocycles. The number of amides is 1. The highest BCUT2D eigenvalue weighted by Gasteiger charge is 2.36. The van der Waals surface area contributed by atoms with E-state index in [1.165, 1.54) is 37.0 Å². The van der Waals surface area contributed by atoms with Gasteiger partial charge in [0.15, 0.2) is 0 Å². The molecule has 3 rings (SSSR count). The molecule has 128 valence electrons. The first-order valence-corrected chi connectivity index (χ1v) is 9.74. The molecule has 1 atom stereocenters. The third-order valence-electron chi connectivity index (χ3n) is 5.53. The summed E-state index contributed by atoms with van der Waals surface area (Å²) in [6.07, 6.45) is 7.93. The molecule has 1 saturated carbocycles. The molecule has 0 aromatic carbocycles. The Bertz CT molecular complexity index is 491. The molecule has 1 saturated heterocycles. The number of nitrogens with one attached hydrogen (secondary N) is 1. The predicted molar refractivity (Wildman–Crippen MR) is 93.6 cm³/mol. The van der Waals surface area contributed by atoms with Crippen LogP contribution in [0.4, 0.5) is 0 Å². The Balaban J connectivity index is 1.61. The van der Waals surface area contributed by atoms with Gasteiger partial charge in [0.1, 0.15) is 0 Å². The molecule has 2 aliphatic rings. The molecule has 3 N–H and O–H groups in total. The van der Waals surface area contributed by atoms with Gasteiger partial charge in [-0.25, -0.2) is 0 Å². The maximum Gasteiger partial charge on any atom is 0.237 e. The highest BCUT2D eigenvalue weighted by Crippen LogP contribution is 2.41. The third-order valence-corrected chi connectivity index (χ3v) is 6.65. The van der Waals surface area contributed by atoms with Crippen molar-refractivity contribution < 1.29 is 9.53 Å². The van der Waals surface area contributed by atoms with Crippen molar-refractivity contribution >= 4 is 17.2 Å². The van der Waals surface area contributed by atoms with E-state index in [1.54, 1.807) is 0 Å². The van der Waals surface area contributed by atoms with Crippen molar-refractivity contribution in [3.8, 4) is 0 Å². The van der Waals surface area contributed by atoms with Crippen molar-refractivity contribution in [2.24, 2.45) is 11.7 Å². The maximum atomic E-state index is 12.5. The van der Waals surface area contributed by atoms with E-state index in [0.29, 0.717) is 0 Å². The molecular formula is C18H28N2O2S. The Morgan fingerprint density at radius 1 is 1.35 bits per heavy atom. The van der Waals surface area contributed by atoms with Gasteiger partial charge in [-0.2, -0.15) is 0 Å². The Labute approximate surface area is 142 Å². The van der Waals surface area contributed by atoms with Gasteiger partial charge in [0.2, 0.25) is 5.91 Å². The lowest BCUT2D eigenvalue weighted by atomic mass is 9.73. The van der Waals surface area contributed by atoms with E-state index < -0.39 is 6.04 Å². The summed E-state index contributed by atoms with van der Waals surface area (Å²) < 4.78 is 5.36. The van der Waals surface area contributed by atoms with E-state index >= 15 is 0 Å². The van der Waals surface area contributed by atoms with Gasteiger partial charge >= 0.3 is 0 Å². The molecule has 1 aliphatic heterocycles. The lowest BCUT2D eigenvalue weighted by Gasteiger charge is -2.37. The number of thiophene rings is 1. The summed E-state index contributed by atoms with van der Waals surface area (Å²) in [7, 11) is 0. The first-order chi connectivity index (χ1) is 11.2. The molecule has 4 nitrogen and oxygen atoms in total. The van der Waals surface area contributed by atoms with Crippen molar-refractivity contribution in [2.45, 2.75) is 56.4 Å². The number of nitrogens with two attached hydrogens (primary N) is 1. The summed E-state index contributed by atoms with van der Waals surface area (Å²) in [5.74, 6) is 0.270. The summed E-state index contributed by atoms with van der Waals surface area (Å²) in [6, 6.07) is 3.94. The Hall–Kier alpha value is -0.910. The molecular weight excluding hydrogens is 308 g/mol. The largest absolute Gasteiger partial charge is 0.381 e. The summed E-state index contributed by atoms with van der Waals surface area (Å²) in [4.78, 5) is 13.9. The summed E-state index contributed by atoms with van der Waals surface area (Å²) in [5.41, 5.74) is 6.33. The van der Waals surface area contributed by atoms with E-state index in [-0.39, 0.29) is 17.2 Å². The molecule has 1 unspecified atom stereocenters. The van der Waals surface area contributed by atoms with Crippen molar-refractivity contribution in [3.05, 3.63) is 22.4 Å². The summed E-state index contributed by atoms with van der Waals surface area (Å²) in [6.45, 7) is 2.18. The van der Waals surface area contributed by atoms with Crippen molar-refractivity contribution in [1.82, 2.24) is 5.32 Å². The van der Waals surface area contributed by atoms with Gasteiger partial charge in [-0.3, -0.25) is 4.79 Å². The number of hydrogen-bond acceptors (Lipinski definition) is 4. The van der Waals surface area contributed by atoms with E-state index in [9.17, 15) is 4.79 Å². The molecule has 2 heterocycles. The van der Waals surface area contributed by atoms with Gasteiger partial charge in [0.25, 0.3) is 0 Å². The lowest BCUT2D eigenvalue weighted by Crippen LogP contribution is -2.50. The summed E-state index contributed by atoms with van der Waals surface area (Å²) in [5, 5.41) is 5.32. The van der Waals surface area contributed by atoms with Crippen LogP contribution in [0.3, 0.4) is 0 Å². The normalized spacial score (nSPS) is 23.3. The van der Waals surface area contributed by atoms with Crippen LogP contribution in [-0.4, -0.2) is 31.7 Å². The lowest BCUT2D eigenvalue weighted by molar-refractivity contribution is -0.124. The van der Waals surface area contributed by atoms with Crippen LogP contribution in [0.2, 0.25) is 0 Å². The second-order valence-corrected chi connectivity index (χ2v) is 7.96. The number of rotatable bonds is 5. The maximum absolute atomic E-state index is 12.5. The van der Waals surface area contributed by atoms with Crippen LogP contribution < -0.4 is 11.1 Å². The van der Waals surface area contributed by atoms with Crippen LogP contribution in [0, 0.1) is 5.92 Å². The van der Waals surface area contributed by atoms with Crippen molar-refractivity contribution in [2.75, 3.05) is 19.8 Å². The van der Waals surface area contributed by atoms with Gasteiger partial charge in [-0.15, -0.1) is 11.3 Å². The fraction of sp³-hybridized carbons (Fsp3) is 0.722. The monoisotopic (exact) mass is 336 g/mol. The average molecular weight is 337 g/mol. The molecule has 1 aromatic rings. The molecule has 23 heavy (non-hydrogen) atoms. The standard InChI is InChI=1S/C18H28N2O2S/c19-16(14-6-10-22-11-7-14)17(21)20-13-18(8-2-1-3-9-18)15-5-4-12-23-15/h4-5,12,14,16H,1-3,6-11,13,19H2,(H,20,21). The van der Waals surface area contributed by atoms with Crippen LogP contribution in [0.15, 0.2) is 17.5 Å². The molecule has 0 spiro atoms. The molecule has 2 fully saturated rings. The quantitative estimate of drug-likeness (QED) is 0.869. The fourth-order valence-electron chi connectivity index (χ4n) is 3.98. The molecule has 0 radical (unpaired) electrons. The first-order valence-electron chi connectivity index (χ1n) is 8.86. The van der Waals surface area contributed by atoms with Gasteiger partial charge < -0.3 is 15.8 Å². The van der Waals surface area contributed by atoms with E-state index in [2.05, 4.69) is 22.8 Å². The van der Waals surface area contributed by atoms with Crippen molar-refractivity contribution in [1.29, 1.82) is 0 Å². The third kappa shape index (κ3) is 3.95. The zero-order valence-electron chi connectivity index (χ0n) is 13.8. The number of hydrogen-bond donors (Lipinski definition) is 2. The molecule has 5 heteroatoms. The molecule has 0 bridgehead atoms. The van der Waals surface area contributed by atoms with Gasteiger partial charge in [-0.1, -0.05) is 25.3 Å². The summed E-state index contributed by atoms with van der Waals surface area (Å²) >= 11 is 1.82. The Kier molecular flexibility index (Phi) is 5.72. The minimum Gasteiger partial charge on any atom is -0.381 e. The minimum atomic E-state index is -0.400. The minimum absolute atomic E-state index is 0.0124. The van der Waals surface area contributed by atoms with Gasteiger partial charge in [0, 0.05) is 30.1 Å². The smallest absolute Gasteiger partial charge is 0.237 e. The molecule has 1 aliphatic carbocycles. The zero-order valence-corrected chi connectivity index (χ0v) is 14.6. The van der Waals surface area contributed by atoms with E-state index in [1.807, 2.05) is 11.3 Å². The average Bonchev–Trinajstić information content (AvgIpc) is 3.16. The van der Waals surface area contributed by atoms with Crippen LogP contribution in [0.5, 0.6) is 0 Å². The van der Waals surface area contributed by atoms with Crippen LogP contribution >= 0.6 is 11.3 Å². The number of carbonyl (C=O) groups excluding carboxylic acids is 1. The molecule has 1 amide bonds. The van der Waals surface area contributed by atoms with Gasteiger partial charge in [0.05, 0.1) is 6.04 Å². The van der Waals surface area contributed by atoms with Crippen LogP contribution in [-0.2, 0) is 14.9 Å². The van der Waals surface area contributed by atoms with Crippen LogP contribution in [0.1, 0.15) is 49.8 Å². The second-order valence-electron chi connectivity index (χ2n) is 7.01. The van der Waals surface area contributed by atoms with Gasteiger partial charge in [-0.05, 0) is 43.0 Å². The van der Waals surface area contributed by atoms with Crippen LogP contribution in [0.25, 0.3) is 0 Å². The Morgan fingerprint density at radius 2 is 2.09 bits per heavy atom. The van der Waals surface area contributed by atoms with E-state index in [0.717, 1.165) is 32.6 Å². The number of ether oxygens (including phenoxy) is 1. The predicted octanol–water partition coefficient (Wildman–Crippen LogP) is 2.82. The van der Waals surface area contributed by atoms with Crippen molar-refractivity contribution in [3.63, 3.8) is 0 Å². The fourth-order valence-corrected chi connectivity index (χ4v) is 4.97. The Morgan fingerprint density at radius 3 is 2.74 bits per heavy atom. The highest BCUT2D eigenvalue weighted by molar-refractivity contribution is 7.10. The SMILES string of the molecule is NC(C(=O)NCC1(c2cccs2)CCCCC1)C1CCOCC1. The topological polar surface area (TPSA) is 64.4 Å². The highest BCUT2D eigenvalue weighted by atomic mass is 32.1.